The lowest BCUT2D eigenvalue weighted by Crippen LogP contribution is -2.14. The van der Waals surface area contributed by atoms with Crippen LogP contribution in [0.5, 0.6) is 0 Å². The summed E-state index contributed by atoms with van der Waals surface area (Å²) in [6, 6.07) is 0. The van der Waals surface area contributed by atoms with E-state index < -0.39 is 0 Å². The summed E-state index contributed by atoms with van der Waals surface area (Å²) >= 11 is 1.93. The Kier molecular flexibility index (Phi) is 2.63. The molecule has 0 aromatic carbocycles. The normalized spacial score (nSPS) is 29.8. The highest BCUT2D eigenvalue weighted by Gasteiger charge is 2.20. The van der Waals surface area contributed by atoms with Crippen LogP contribution < -0.4 is 0 Å². The van der Waals surface area contributed by atoms with Gasteiger partial charge in [-0.15, -0.1) is 11.8 Å². The molecule has 1 saturated heterocycles. The van der Waals surface area contributed by atoms with Gasteiger partial charge in [-0.2, -0.15) is 0 Å². The maximum Gasteiger partial charge on any atom is 0.0710 e. The summed E-state index contributed by atoms with van der Waals surface area (Å²) < 4.78 is 0. The number of hydrogen-bond acceptors (Lipinski definition) is 2. The molecular weight excluding hydrogens is 154 g/mol. The molecule has 11 heavy (non-hydrogen) atoms. The van der Waals surface area contributed by atoms with Gasteiger partial charge in [-0.3, -0.25) is 4.99 Å². The molecule has 0 spiro atoms. The molecule has 0 aromatic heterocycles. The summed E-state index contributed by atoms with van der Waals surface area (Å²) in [5, 5.41) is 1.36. The zero-order chi connectivity index (χ0) is 8.48. The first-order valence-electron chi connectivity index (χ1n) is 4.21. The maximum atomic E-state index is 4.67. The Balaban J connectivity index is 2.65. The van der Waals surface area contributed by atoms with Crippen LogP contribution in [0.2, 0.25) is 0 Å². The van der Waals surface area contributed by atoms with Crippen LogP contribution >= 0.6 is 11.8 Å². The van der Waals surface area contributed by atoms with Gasteiger partial charge in [0.25, 0.3) is 0 Å². The summed E-state index contributed by atoms with van der Waals surface area (Å²) in [5.74, 6) is 1.97. The van der Waals surface area contributed by atoms with Gasteiger partial charge in [-0.25, -0.2) is 0 Å². The van der Waals surface area contributed by atoms with Crippen LogP contribution in [0.3, 0.4) is 0 Å². The van der Waals surface area contributed by atoms with Crippen molar-refractivity contribution in [3.63, 3.8) is 0 Å². The van der Waals surface area contributed by atoms with Gasteiger partial charge in [0.2, 0.25) is 0 Å². The maximum absolute atomic E-state index is 4.67. The molecule has 0 radical (unpaired) electrons. The first-order chi connectivity index (χ1) is 4.99. The first kappa shape index (κ1) is 9.11. The molecule has 1 unspecified atom stereocenters. The topological polar surface area (TPSA) is 12.4 Å². The lowest BCUT2D eigenvalue weighted by Gasteiger charge is -2.14. The van der Waals surface area contributed by atoms with Crippen molar-refractivity contribution in [1.29, 1.82) is 0 Å². The average molecular weight is 171 g/mol. The van der Waals surface area contributed by atoms with Crippen LogP contribution in [0, 0.1) is 5.92 Å². The third-order valence-electron chi connectivity index (χ3n) is 1.67. The van der Waals surface area contributed by atoms with Crippen LogP contribution in [0.4, 0.5) is 0 Å². The molecule has 2 heteroatoms. The molecule has 1 aliphatic heterocycles. The third-order valence-corrected chi connectivity index (χ3v) is 2.90. The SMILES string of the molecule is CC1CCSC1=NC(C)(C)C. The second kappa shape index (κ2) is 3.18. The number of rotatable bonds is 0. The van der Waals surface area contributed by atoms with Crippen molar-refractivity contribution >= 4 is 16.8 Å². The minimum absolute atomic E-state index is 0.112. The Morgan fingerprint density at radius 1 is 1.45 bits per heavy atom. The van der Waals surface area contributed by atoms with E-state index in [9.17, 15) is 0 Å². The van der Waals surface area contributed by atoms with E-state index in [1.54, 1.807) is 0 Å². The van der Waals surface area contributed by atoms with Gasteiger partial charge in [-0.1, -0.05) is 6.92 Å². The van der Waals surface area contributed by atoms with E-state index >= 15 is 0 Å². The van der Waals surface area contributed by atoms with Crippen molar-refractivity contribution in [2.24, 2.45) is 10.9 Å². The minimum atomic E-state index is 0.112. The summed E-state index contributed by atoms with van der Waals surface area (Å²) in [4.78, 5) is 4.67. The van der Waals surface area contributed by atoms with E-state index in [1.165, 1.54) is 17.2 Å². The predicted molar refractivity (Wildman–Crippen MR) is 53.4 cm³/mol. The van der Waals surface area contributed by atoms with E-state index in [0.29, 0.717) is 5.92 Å². The zero-order valence-corrected chi connectivity index (χ0v) is 8.66. The van der Waals surface area contributed by atoms with Gasteiger partial charge in [0.1, 0.15) is 0 Å². The average Bonchev–Trinajstić information content (AvgIpc) is 2.12. The number of thioether (sulfide) groups is 1. The Bertz CT molecular complexity index is 167. The lowest BCUT2D eigenvalue weighted by molar-refractivity contribution is 0.578. The molecule has 0 bridgehead atoms. The molecule has 1 atom stereocenters. The van der Waals surface area contributed by atoms with Gasteiger partial charge in [0.15, 0.2) is 0 Å². The van der Waals surface area contributed by atoms with Crippen molar-refractivity contribution in [2.75, 3.05) is 5.75 Å². The zero-order valence-electron chi connectivity index (χ0n) is 7.85. The molecule has 1 nitrogen and oxygen atoms in total. The molecule has 0 aromatic rings. The highest BCUT2D eigenvalue weighted by atomic mass is 32.2. The fourth-order valence-electron chi connectivity index (χ4n) is 1.08. The molecule has 1 aliphatic rings. The van der Waals surface area contributed by atoms with E-state index in [1.807, 2.05) is 11.8 Å². The summed E-state index contributed by atoms with van der Waals surface area (Å²) in [5.41, 5.74) is 0.112. The Hall–Kier alpha value is 0.0200. The standard InChI is InChI=1S/C9H17NS/c1-7-5-6-11-8(7)10-9(2,3)4/h7H,5-6H2,1-4H3. The smallest absolute Gasteiger partial charge is 0.0710 e. The molecule has 1 heterocycles. The molecular formula is C9H17NS. The van der Waals surface area contributed by atoms with Crippen LogP contribution in [0.25, 0.3) is 0 Å². The monoisotopic (exact) mass is 171 g/mol. The summed E-state index contributed by atoms with van der Waals surface area (Å²) in [6.07, 6.45) is 1.31. The molecule has 1 rings (SSSR count). The largest absolute Gasteiger partial charge is 0.277 e. The fraction of sp³-hybridized carbons (Fsp3) is 0.889. The van der Waals surface area contributed by atoms with Crippen molar-refractivity contribution in [3.05, 3.63) is 0 Å². The third kappa shape index (κ3) is 2.86. The molecule has 0 saturated carbocycles. The molecule has 1 fully saturated rings. The van der Waals surface area contributed by atoms with E-state index in [2.05, 4.69) is 32.7 Å². The molecule has 64 valence electrons. The Morgan fingerprint density at radius 3 is 2.45 bits per heavy atom. The summed E-state index contributed by atoms with van der Waals surface area (Å²) in [7, 11) is 0. The first-order valence-corrected chi connectivity index (χ1v) is 5.20. The highest BCUT2D eigenvalue weighted by Crippen LogP contribution is 2.28. The lowest BCUT2D eigenvalue weighted by atomic mass is 10.1. The van der Waals surface area contributed by atoms with Crippen LogP contribution in [-0.4, -0.2) is 16.3 Å². The van der Waals surface area contributed by atoms with Crippen molar-refractivity contribution < 1.29 is 0 Å². The van der Waals surface area contributed by atoms with Gasteiger partial charge >= 0.3 is 0 Å². The fourth-order valence-corrected chi connectivity index (χ4v) is 2.50. The van der Waals surface area contributed by atoms with Gasteiger partial charge in [-0.05, 0) is 32.9 Å². The van der Waals surface area contributed by atoms with Crippen molar-refractivity contribution in [3.8, 4) is 0 Å². The quantitative estimate of drug-likeness (QED) is 0.546. The molecule has 0 amide bonds. The van der Waals surface area contributed by atoms with Crippen LogP contribution in [0.1, 0.15) is 34.1 Å². The number of hydrogen-bond donors (Lipinski definition) is 0. The molecule has 0 N–H and O–H groups in total. The predicted octanol–water partition coefficient (Wildman–Crippen LogP) is 2.96. The number of nitrogens with zero attached hydrogens (tertiary/aromatic N) is 1. The van der Waals surface area contributed by atoms with E-state index in [4.69, 9.17) is 0 Å². The van der Waals surface area contributed by atoms with Gasteiger partial charge < -0.3 is 0 Å². The minimum Gasteiger partial charge on any atom is -0.277 e. The highest BCUT2D eigenvalue weighted by molar-refractivity contribution is 8.14. The second-order valence-electron chi connectivity index (χ2n) is 4.16. The van der Waals surface area contributed by atoms with Crippen molar-refractivity contribution in [2.45, 2.75) is 39.7 Å². The van der Waals surface area contributed by atoms with E-state index in [0.717, 1.165) is 0 Å². The van der Waals surface area contributed by atoms with Crippen LogP contribution in [0.15, 0.2) is 4.99 Å². The van der Waals surface area contributed by atoms with Gasteiger partial charge in [0.05, 0.1) is 10.6 Å². The van der Waals surface area contributed by atoms with Gasteiger partial charge in [0, 0.05) is 5.92 Å². The van der Waals surface area contributed by atoms with E-state index in [-0.39, 0.29) is 5.54 Å². The summed E-state index contributed by atoms with van der Waals surface area (Å²) in [6.45, 7) is 8.74. The number of aliphatic imine (C=N–C) groups is 1. The Morgan fingerprint density at radius 2 is 2.09 bits per heavy atom. The second-order valence-corrected chi connectivity index (χ2v) is 5.27. The molecule has 0 aliphatic carbocycles. The Labute approximate surface area is 73.7 Å². The van der Waals surface area contributed by atoms with Crippen LogP contribution in [-0.2, 0) is 0 Å². The van der Waals surface area contributed by atoms with Crippen molar-refractivity contribution in [1.82, 2.24) is 0 Å².